The molecule has 0 amide bonds. The lowest BCUT2D eigenvalue weighted by molar-refractivity contribution is 0.201. The second-order valence-electron chi connectivity index (χ2n) is 6.76. The lowest BCUT2D eigenvalue weighted by Crippen LogP contribution is -2.42. The second-order valence-corrected chi connectivity index (χ2v) is 6.76. The normalized spacial score (nSPS) is 17.0. The predicted molar refractivity (Wildman–Crippen MR) is 114 cm³/mol. The van der Waals surface area contributed by atoms with Gasteiger partial charge < -0.3 is 15.5 Å². The van der Waals surface area contributed by atoms with Crippen LogP contribution in [0.4, 0.5) is 0 Å². The molecular weight excluding hydrogens is 411 g/mol. The van der Waals surface area contributed by atoms with E-state index in [9.17, 15) is 0 Å². The van der Waals surface area contributed by atoms with Crippen LogP contribution in [0.5, 0.6) is 0 Å². The number of hydrogen-bond donors (Lipinski definition) is 2. The van der Waals surface area contributed by atoms with Crippen molar-refractivity contribution in [3.8, 4) is 0 Å². The third-order valence-electron chi connectivity index (χ3n) is 4.40. The molecule has 1 aliphatic heterocycles. The molecule has 0 radical (unpaired) electrons. The van der Waals surface area contributed by atoms with E-state index in [2.05, 4.69) is 58.6 Å². The van der Waals surface area contributed by atoms with Crippen molar-refractivity contribution in [3.63, 3.8) is 0 Å². The van der Waals surface area contributed by atoms with E-state index in [4.69, 9.17) is 0 Å². The van der Waals surface area contributed by atoms with Gasteiger partial charge in [-0.3, -0.25) is 4.99 Å². The van der Waals surface area contributed by atoms with Crippen LogP contribution in [-0.2, 0) is 6.54 Å². The Morgan fingerprint density at radius 1 is 1.21 bits per heavy atom. The molecule has 0 bridgehead atoms. The molecular formula is C19H33IN4. The Kier molecular flexibility index (Phi) is 10.3. The summed E-state index contributed by atoms with van der Waals surface area (Å²) in [6, 6.07) is 8.58. The molecule has 1 fully saturated rings. The highest BCUT2D eigenvalue weighted by Gasteiger charge is 2.13. The summed E-state index contributed by atoms with van der Waals surface area (Å²) >= 11 is 0. The number of halogens is 1. The highest BCUT2D eigenvalue weighted by atomic mass is 127. The fraction of sp³-hybridized carbons (Fsp3) is 0.632. The summed E-state index contributed by atoms with van der Waals surface area (Å²) in [6.45, 7) is 9.93. The molecule has 0 aromatic heterocycles. The topological polar surface area (TPSA) is 39.7 Å². The van der Waals surface area contributed by atoms with Crippen molar-refractivity contribution >= 4 is 29.9 Å². The molecule has 4 nitrogen and oxygen atoms in total. The summed E-state index contributed by atoms with van der Waals surface area (Å²) < 4.78 is 0. The molecule has 1 aromatic carbocycles. The monoisotopic (exact) mass is 444 g/mol. The molecule has 0 spiro atoms. The van der Waals surface area contributed by atoms with Gasteiger partial charge in [0.1, 0.15) is 0 Å². The molecule has 1 heterocycles. The van der Waals surface area contributed by atoms with Crippen LogP contribution < -0.4 is 10.6 Å². The number of piperidine rings is 1. The van der Waals surface area contributed by atoms with Crippen molar-refractivity contribution in [2.24, 2.45) is 10.9 Å². The number of guanidine groups is 1. The first-order valence-electron chi connectivity index (χ1n) is 8.90. The Labute approximate surface area is 164 Å². The Hall–Kier alpha value is -0.820. The molecule has 2 rings (SSSR count). The highest BCUT2D eigenvalue weighted by Crippen LogP contribution is 2.10. The smallest absolute Gasteiger partial charge is 0.191 e. The number of benzene rings is 1. The first-order valence-corrected chi connectivity index (χ1v) is 8.90. The van der Waals surface area contributed by atoms with E-state index in [0.717, 1.165) is 19.0 Å². The molecule has 2 N–H and O–H groups in total. The Morgan fingerprint density at radius 2 is 1.96 bits per heavy atom. The van der Waals surface area contributed by atoms with Crippen LogP contribution in [0.25, 0.3) is 0 Å². The van der Waals surface area contributed by atoms with Crippen LogP contribution in [0.2, 0.25) is 0 Å². The minimum atomic E-state index is 0. The molecule has 136 valence electrons. The van der Waals surface area contributed by atoms with Gasteiger partial charge in [0.25, 0.3) is 0 Å². The molecule has 5 heteroatoms. The zero-order valence-electron chi connectivity index (χ0n) is 15.3. The number of rotatable bonds is 6. The van der Waals surface area contributed by atoms with Gasteiger partial charge in [0.05, 0.1) is 0 Å². The van der Waals surface area contributed by atoms with Gasteiger partial charge in [-0.05, 0) is 44.3 Å². The number of likely N-dealkylation sites (tertiary alicyclic amines) is 1. The lowest BCUT2D eigenvalue weighted by Gasteiger charge is -2.29. The maximum Gasteiger partial charge on any atom is 0.191 e. The van der Waals surface area contributed by atoms with Gasteiger partial charge in [0.15, 0.2) is 5.96 Å². The molecule has 1 atom stereocenters. The molecule has 0 saturated carbocycles. The van der Waals surface area contributed by atoms with E-state index in [1.807, 2.05) is 7.05 Å². The van der Waals surface area contributed by atoms with Crippen molar-refractivity contribution < 1.29 is 0 Å². The quantitative estimate of drug-likeness (QED) is 0.402. The van der Waals surface area contributed by atoms with Crippen LogP contribution in [-0.4, -0.2) is 44.1 Å². The van der Waals surface area contributed by atoms with Gasteiger partial charge in [-0.2, -0.15) is 0 Å². The number of nitrogens with zero attached hydrogens (tertiary/aromatic N) is 2. The predicted octanol–water partition coefficient (Wildman–Crippen LogP) is 3.40. The van der Waals surface area contributed by atoms with Crippen LogP contribution >= 0.6 is 24.0 Å². The van der Waals surface area contributed by atoms with Crippen LogP contribution in [0.15, 0.2) is 29.3 Å². The van der Waals surface area contributed by atoms with E-state index in [1.54, 1.807) is 0 Å². The summed E-state index contributed by atoms with van der Waals surface area (Å²) in [7, 11) is 1.83. The van der Waals surface area contributed by atoms with Crippen molar-refractivity contribution in [3.05, 3.63) is 35.4 Å². The van der Waals surface area contributed by atoms with Crippen molar-refractivity contribution in [2.75, 3.05) is 33.2 Å². The largest absolute Gasteiger partial charge is 0.356 e. The zero-order valence-corrected chi connectivity index (χ0v) is 17.7. The molecule has 1 aromatic rings. The highest BCUT2D eigenvalue weighted by molar-refractivity contribution is 14.0. The Bertz CT molecular complexity index is 498. The molecule has 0 aliphatic carbocycles. The molecule has 1 unspecified atom stereocenters. The summed E-state index contributed by atoms with van der Waals surface area (Å²) in [6.07, 6.45) is 4.12. The first kappa shape index (κ1) is 21.2. The van der Waals surface area contributed by atoms with Crippen LogP contribution in [0, 0.1) is 12.8 Å². The third-order valence-corrected chi connectivity index (χ3v) is 4.40. The number of aryl methyl sites for hydroxylation is 1. The average Bonchev–Trinajstić information content (AvgIpc) is 2.56. The van der Waals surface area contributed by atoms with Crippen molar-refractivity contribution in [1.29, 1.82) is 0 Å². The van der Waals surface area contributed by atoms with Gasteiger partial charge in [-0.15, -0.1) is 24.0 Å². The minimum Gasteiger partial charge on any atom is -0.356 e. The molecule has 1 aliphatic rings. The zero-order chi connectivity index (χ0) is 16.5. The van der Waals surface area contributed by atoms with E-state index in [1.165, 1.54) is 50.0 Å². The number of aliphatic imine (C=N–C) groups is 1. The van der Waals surface area contributed by atoms with E-state index in [0.29, 0.717) is 5.92 Å². The number of hydrogen-bond acceptors (Lipinski definition) is 2. The fourth-order valence-electron chi connectivity index (χ4n) is 3.15. The Balaban J connectivity index is 0.00000288. The first-order chi connectivity index (χ1) is 11.2. The van der Waals surface area contributed by atoms with Gasteiger partial charge in [0, 0.05) is 26.7 Å². The van der Waals surface area contributed by atoms with Crippen LogP contribution in [0.3, 0.4) is 0 Å². The van der Waals surface area contributed by atoms with Gasteiger partial charge in [-0.1, -0.05) is 43.2 Å². The number of nitrogens with one attached hydrogen (secondary N) is 2. The SMILES string of the molecule is CN=C(NCc1cccc(C)c1)NCC(C)CN1CCCCC1.I. The van der Waals surface area contributed by atoms with Gasteiger partial charge >= 0.3 is 0 Å². The minimum absolute atomic E-state index is 0. The van der Waals surface area contributed by atoms with Crippen LogP contribution in [0.1, 0.15) is 37.3 Å². The summed E-state index contributed by atoms with van der Waals surface area (Å²) in [5, 5.41) is 6.85. The lowest BCUT2D eigenvalue weighted by atomic mass is 10.1. The standard InChI is InChI=1S/C19H32N4.HI/c1-16-8-7-9-18(12-16)14-22-19(20-3)21-13-17(2)15-23-10-5-4-6-11-23;/h7-9,12,17H,4-6,10-11,13-15H2,1-3H3,(H2,20,21,22);1H. The summed E-state index contributed by atoms with van der Waals surface area (Å²) in [5.41, 5.74) is 2.58. The molecule has 1 saturated heterocycles. The summed E-state index contributed by atoms with van der Waals surface area (Å²) in [4.78, 5) is 6.92. The average molecular weight is 444 g/mol. The maximum atomic E-state index is 4.33. The third kappa shape index (κ3) is 7.83. The summed E-state index contributed by atoms with van der Waals surface area (Å²) in [5.74, 6) is 1.52. The van der Waals surface area contributed by atoms with E-state index < -0.39 is 0 Å². The van der Waals surface area contributed by atoms with Gasteiger partial charge in [-0.25, -0.2) is 0 Å². The van der Waals surface area contributed by atoms with Crippen molar-refractivity contribution in [1.82, 2.24) is 15.5 Å². The molecule has 24 heavy (non-hydrogen) atoms. The van der Waals surface area contributed by atoms with Gasteiger partial charge in [0.2, 0.25) is 0 Å². The van der Waals surface area contributed by atoms with E-state index >= 15 is 0 Å². The fourth-order valence-corrected chi connectivity index (χ4v) is 3.15. The van der Waals surface area contributed by atoms with Crippen molar-refractivity contribution in [2.45, 2.75) is 39.7 Å². The van der Waals surface area contributed by atoms with E-state index in [-0.39, 0.29) is 24.0 Å². The maximum absolute atomic E-state index is 4.33. The Morgan fingerprint density at radius 3 is 2.62 bits per heavy atom. The second kappa shape index (κ2) is 11.7.